The first kappa shape index (κ1) is 46.0. The topological polar surface area (TPSA) is 0 Å². The molecule has 0 N–H and O–H groups in total. The molecule has 336 valence electrons. The Hall–Kier alpha value is -6.03. The van der Waals surface area contributed by atoms with Crippen LogP contribution >= 0.6 is 0 Å². The molecule has 0 spiro atoms. The molecule has 2 heterocycles. The molecule has 64 heavy (non-hydrogen) atoms. The van der Waals surface area contributed by atoms with Crippen molar-refractivity contribution < 1.29 is 87.8 Å². The fourth-order valence-corrected chi connectivity index (χ4v) is 9.87. The zero-order valence-electron chi connectivity index (χ0n) is 32.2. The fraction of sp³-hybridized carbons (Fsp3) is 0.100. The van der Waals surface area contributed by atoms with E-state index in [9.17, 15) is 87.8 Å². The summed E-state index contributed by atoms with van der Waals surface area (Å²) in [7, 11) is 4.38. The van der Waals surface area contributed by atoms with Crippen molar-refractivity contribution in [3.05, 3.63) is 165 Å². The molecular formula is C40H20B2F20N2. The van der Waals surface area contributed by atoms with E-state index >= 15 is 0 Å². The monoisotopic (exact) mass is 930 g/mol. The Morgan fingerprint density at radius 1 is 0.250 bits per heavy atom. The normalized spacial score (nSPS) is 16.0. The van der Waals surface area contributed by atoms with Crippen LogP contribution in [0.4, 0.5) is 99.2 Å². The van der Waals surface area contributed by atoms with E-state index in [0.717, 1.165) is 40.3 Å². The second kappa shape index (κ2) is 14.8. The highest BCUT2D eigenvalue weighted by atomic mass is 19.2. The van der Waals surface area contributed by atoms with Gasteiger partial charge >= 0.3 is 12.6 Å². The van der Waals surface area contributed by atoms with E-state index in [2.05, 4.69) is 0 Å². The Morgan fingerprint density at radius 2 is 0.406 bits per heavy atom. The first-order chi connectivity index (χ1) is 29.7. The highest BCUT2D eigenvalue weighted by Crippen LogP contribution is 2.41. The molecule has 0 aliphatic carbocycles. The maximum Gasteiger partial charge on any atom is 0.312 e. The van der Waals surface area contributed by atoms with Crippen molar-refractivity contribution in [1.82, 2.24) is 8.79 Å². The maximum absolute atomic E-state index is 15.0. The van der Waals surface area contributed by atoms with E-state index in [1.807, 2.05) is 0 Å². The molecule has 2 aliphatic rings. The average Bonchev–Trinajstić information content (AvgIpc) is 3.27. The van der Waals surface area contributed by atoms with Crippen molar-refractivity contribution in [1.29, 1.82) is 0 Å². The van der Waals surface area contributed by atoms with Crippen LogP contribution in [0, 0.1) is 116 Å². The van der Waals surface area contributed by atoms with Crippen LogP contribution in [0.25, 0.3) is 0 Å². The fourth-order valence-electron chi connectivity index (χ4n) is 9.87. The number of halogens is 20. The minimum absolute atomic E-state index is 0.111. The molecule has 0 saturated carbocycles. The van der Waals surface area contributed by atoms with Gasteiger partial charge in [0.2, 0.25) is 0 Å². The van der Waals surface area contributed by atoms with Gasteiger partial charge in [-0.2, -0.15) is 0 Å². The third-order valence-corrected chi connectivity index (χ3v) is 12.6. The minimum atomic E-state index is -3.97. The Kier molecular flexibility index (Phi) is 10.6. The van der Waals surface area contributed by atoms with Gasteiger partial charge in [-0.05, 0) is 12.1 Å². The second-order valence-corrected chi connectivity index (χ2v) is 15.8. The number of rotatable bonds is 4. The van der Waals surface area contributed by atoms with Gasteiger partial charge in [0.15, 0.2) is 69.8 Å². The Morgan fingerprint density at radius 3 is 0.594 bits per heavy atom. The van der Waals surface area contributed by atoms with Crippen molar-refractivity contribution in [3.8, 4) is 0 Å². The van der Waals surface area contributed by atoms with Crippen LogP contribution in [0.5, 0.6) is 0 Å². The molecule has 24 heteroatoms. The standard InChI is InChI=1S/2C20H10BF10N/c2*1-32(2)8-6-4-3-5-7(8)21(32,9-11(22)15(26)19(30)16(27)12(9)23)10-13(24)17(28)20(31)18(29)14(10)25/h2*3-6H,1-2H3. The lowest BCUT2D eigenvalue weighted by atomic mass is 9.17. The zero-order chi connectivity index (χ0) is 47.8. The van der Waals surface area contributed by atoms with E-state index in [-0.39, 0.29) is 22.3 Å². The van der Waals surface area contributed by atoms with Crippen LogP contribution in [0.15, 0.2) is 48.5 Å². The molecule has 2 aliphatic heterocycles. The van der Waals surface area contributed by atoms with Crippen LogP contribution in [0.2, 0.25) is 0 Å². The van der Waals surface area contributed by atoms with Gasteiger partial charge in [-0.15, -0.1) is 0 Å². The number of benzene rings is 6. The average molecular weight is 930 g/mol. The molecule has 0 unspecified atom stereocenters. The van der Waals surface area contributed by atoms with E-state index in [1.165, 1.54) is 36.4 Å². The van der Waals surface area contributed by atoms with E-state index < -0.39 is 160 Å². The van der Waals surface area contributed by atoms with Crippen molar-refractivity contribution >= 4 is 56.7 Å². The van der Waals surface area contributed by atoms with E-state index in [0.29, 0.717) is 0 Å². The van der Waals surface area contributed by atoms with Crippen LogP contribution in [-0.4, -0.2) is 40.8 Å². The van der Waals surface area contributed by atoms with Crippen LogP contribution in [0.1, 0.15) is 0 Å². The molecule has 2 nitrogen and oxygen atoms in total. The molecule has 6 aromatic carbocycles. The summed E-state index contributed by atoms with van der Waals surface area (Å²) in [6.07, 6.45) is -7.95. The minimum Gasteiger partial charge on any atom is -0.477 e. The van der Waals surface area contributed by atoms with E-state index in [1.54, 1.807) is 0 Å². The first-order valence-electron chi connectivity index (χ1n) is 17.9. The summed E-state index contributed by atoms with van der Waals surface area (Å²) in [5, 5.41) is 0. The summed E-state index contributed by atoms with van der Waals surface area (Å²) >= 11 is 0. The predicted octanol–water partition coefficient (Wildman–Crippen LogP) is 7.25. The molecule has 0 radical (unpaired) electrons. The van der Waals surface area contributed by atoms with Crippen LogP contribution < -0.4 is 41.6 Å². The van der Waals surface area contributed by atoms with Gasteiger partial charge in [0.05, 0.1) is 11.4 Å². The quantitative estimate of drug-likeness (QED) is 0.0758. The number of quaternary nitrogens is 2. The smallest absolute Gasteiger partial charge is 0.312 e. The lowest BCUT2D eigenvalue weighted by Gasteiger charge is -2.65. The Labute approximate surface area is 346 Å². The molecule has 0 saturated heterocycles. The van der Waals surface area contributed by atoms with Gasteiger partial charge in [-0.3, -0.25) is 0 Å². The van der Waals surface area contributed by atoms with Gasteiger partial charge < -0.3 is 8.79 Å². The van der Waals surface area contributed by atoms with Crippen molar-refractivity contribution in [2.75, 3.05) is 28.2 Å². The zero-order valence-corrected chi connectivity index (χ0v) is 32.2. The van der Waals surface area contributed by atoms with Gasteiger partial charge in [-0.1, -0.05) is 69.2 Å². The molecular weight excluding hydrogens is 910 g/mol. The van der Waals surface area contributed by atoms with Gasteiger partial charge in [0, 0.05) is 28.2 Å². The second-order valence-electron chi connectivity index (χ2n) is 15.8. The highest BCUT2D eigenvalue weighted by molar-refractivity contribution is 7.16. The van der Waals surface area contributed by atoms with E-state index in [4.69, 9.17) is 0 Å². The summed E-state index contributed by atoms with van der Waals surface area (Å²) < 4.78 is 285. The number of fused-ring (bicyclic) bond motifs is 2. The summed E-state index contributed by atoms with van der Waals surface area (Å²) in [5.41, 5.74) is -7.21. The summed E-state index contributed by atoms with van der Waals surface area (Å²) in [5.74, 6) is -49.0. The summed E-state index contributed by atoms with van der Waals surface area (Å²) in [6, 6.07) is 10.1. The Bertz CT molecular complexity index is 2590. The number of hydrogen-bond donors (Lipinski definition) is 0. The van der Waals surface area contributed by atoms with Crippen molar-refractivity contribution in [2.24, 2.45) is 0 Å². The predicted molar refractivity (Wildman–Crippen MR) is 194 cm³/mol. The van der Waals surface area contributed by atoms with Gasteiger partial charge in [0.25, 0.3) is 0 Å². The lowest BCUT2D eigenvalue weighted by Crippen LogP contribution is -2.93. The van der Waals surface area contributed by atoms with Crippen LogP contribution in [0.3, 0.4) is 0 Å². The summed E-state index contributed by atoms with van der Waals surface area (Å²) in [4.78, 5) is 0. The number of nitrogens with zero attached hydrogens (tertiary/aromatic N) is 2. The molecule has 0 bridgehead atoms. The van der Waals surface area contributed by atoms with Gasteiger partial charge in [-0.25, -0.2) is 87.8 Å². The third kappa shape index (κ3) is 5.34. The maximum atomic E-state index is 15.0. The molecule has 0 atom stereocenters. The van der Waals surface area contributed by atoms with Crippen LogP contribution in [-0.2, 0) is 0 Å². The highest BCUT2D eigenvalue weighted by Gasteiger charge is 2.65. The van der Waals surface area contributed by atoms with Crippen molar-refractivity contribution in [2.45, 2.75) is 0 Å². The lowest BCUT2D eigenvalue weighted by molar-refractivity contribution is 0.379. The van der Waals surface area contributed by atoms with Gasteiger partial charge in [0.1, 0.15) is 46.5 Å². The third-order valence-electron chi connectivity index (χ3n) is 12.6. The molecule has 0 amide bonds. The molecule has 0 fully saturated rings. The molecule has 0 aromatic heterocycles. The molecule has 6 aromatic rings. The SMILES string of the molecule is C[N+]1(C)c2ccccc2[B-]1(c1c(F)c(F)c(F)c(F)c1F)c1c(F)c(F)c(F)c(F)c1F.C[N+]1(C)c2ccccc2[B-]1(c1c(F)c(F)c(F)c(F)c1F)c1c(F)c(F)c(F)c(F)c1F. The van der Waals surface area contributed by atoms with Crippen molar-refractivity contribution in [3.63, 3.8) is 0 Å². The Balaban J connectivity index is 0.000000191. The molecule has 8 rings (SSSR count). The first-order valence-corrected chi connectivity index (χ1v) is 17.9. The largest absolute Gasteiger partial charge is 0.477 e. The number of hydrogen-bond acceptors (Lipinski definition) is 0. The number of para-hydroxylation sites is 2. The summed E-state index contributed by atoms with van der Waals surface area (Å²) in [6.45, 7) is 0.